The number of rotatable bonds is 8. The number of carbonyl (C=O) groups excluding carboxylic acids is 1. The van der Waals surface area contributed by atoms with Crippen molar-refractivity contribution in [3.8, 4) is 11.5 Å². The predicted octanol–water partition coefficient (Wildman–Crippen LogP) is 4.63. The number of phenolic OH excluding ortho intramolecular Hbond substituents is 2. The quantitative estimate of drug-likeness (QED) is 0.318. The third-order valence-electron chi connectivity index (χ3n) is 4.06. The smallest absolute Gasteiger partial charge is 0.330 e. The Balaban J connectivity index is 1.65. The van der Waals surface area contributed by atoms with Gasteiger partial charge in [-0.2, -0.15) is 0 Å². The van der Waals surface area contributed by atoms with E-state index in [-0.39, 0.29) is 11.5 Å². The van der Waals surface area contributed by atoms with Crippen LogP contribution in [-0.2, 0) is 9.53 Å². The van der Waals surface area contributed by atoms with Crippen LogP contribution < -0.4 is 0 Å². The Morgan fingerprint density at radius 1 is 1.08 bits per heavy atom. The molecule has 0 bridgehead atoms. The van der Waals surface area contributed by atoms with Crippen molar-refractivity contribution in [1.29, 1.82) is 0 Å². The fourth-order valence-electron chi connectivity index (χ4n) is 2.53. The Morgan fingerprint density at radius 2 is 1.84 bits per heavy atom. The maximum Gasteiger partial charge on any atom is 0.330 e. The van der Waals surface area contributed by atoms with Crippen LogP contribution in [0.25, 0.3) is 6.08 Å². The molecule has 0 amide bonds. The highest BCUT2D eigenvalue weighted by Gasteiger charge is 2.05. The maximum atomic E-state index is 11.7. The average molecular weight is 340 g/mol. The van der Waals surface area contributed by atoms with E-state index in [9.17, 15) is 15.0 Å². The molecule has 132 valence electrons. The van der Waals surface area contributed by atoms with Crippen LogP contribution in [0.5, 0.6) is 11.5 Å². The largest absolute Gasteiger partial charge is 0.504 e. The van der Waals surface area contributed by atoms with Gasteiger partial charge in [0.1, 0.15) is 0 Å². The molecule has 2 rings (SSSR count). The van der Waals surface area contributed by atoms with E-state index in [2.05, 4.69) is 19.1 Å². The molecule has 0 spiro atoms. The highest BCUT2D eigenvalue weighted by molar-refractivity contribution is 5.87. The Labute approximate surface area is 148 Å². The molecule has 0 aromatic heterocycles. The van der Waals surface area contributed by atoms with Crippen LogP contribution in [0.2, 0.25) is 0 Å². The van der Waals surface area contributed by atoms with Gasteiger partial charge in [-0.25, -0.2) is 4.79 Å². The molecule has 0 aliphatic rings. The lowest BCUT2D eigenvalue weighted by Gasteiger charge is -2.11. The summed E-state index contributed by atoms with van der Waals surface area (Å²) in [5, 5.41) is 18.6. The Morgan fingerprint density at radius 3 is 2.56 bits per heavy atom. The summed E-state index contributed by atoms with van der Waals surface area (Å²) in [6.07, 6.45) is 5.75. The van der Waals surface area contributed by atoms with Crippen LogP contribution in [0, 0.1) is 0 Å². The first-order valence-electron chi connectivity index (χ1n) is 8.48. The van der Waals surface area contributed by atoms with Crippen molar-refractivity contribution in [2.24, 2.45) is 0 Å². The Bertz CT molecular complexity index is 707. The van der Waals surface area contributed by atoms with E-state index in [1.54, 1.807) is 12.1 Å². The summed E-state index contributed by atoms with van der Waals surface area (Å²) in [4.78, 5) is 11.7. The van der Waals surface area contributed by atoms with Crippen molar-refractivity contribution in [3.05, 3.63) is 65.7 Å². The SMILES string of the molecule is CC(CCCCOC(=O)/C=C/c1ccc(O)c(O)c1)c1ccccc1. The molecule has 0 fully saturated rings. The normalized spacial score (nSPS) is 12.2. The van der Waals surface area contributed by atoms with Crippen LogP contribution in [0.15, 0.2) is 54.6 Å². The lowest BCUT2D eigenvalue weighted by molar-refractivity contribution is -0.137. The van der Waals surface area contributed by atoms with Crippen molar-refractivity contribution < 1.29 is 19.7 Å². The number of hydrogen-bond donors (Lipinski definition) is 2. The second-order valence-corrected chi connectivity index (χ2v) is 6.06. The molecule has 25 heavy (non-hydrogen) atoms. The molecule has 1 atom stereocenters. The van der Waals surface area contributed by atoms with Gasteiger partial charge in [0.15, 0.2) is 11.5 Å². The highest BCUT2D eigenvalue weighted by atomic mass is 16.5. The monoisotopic (exact) mass is 340 g/mol. The zero-order valence-electron chi connectivity index (χ0n) is 14.4. The van der Waals surface area contributed by atoms with E-state index in [1.165, 1.54) is 23.8 Å². The number of esters is 1. The number of ether oxygens (including phenoxy) is 1. The summed E-state index contributed by atoms with van der Waals surface area (Å²) >= 11 is 0. The minimum Gasteiger partial charge on any atom is -0.504 e. The van der Waals surface area contributed by atoms with Gasteiger partial charge < -0.3 is 14.9 Å². The van der Waals surface area contributed by atoms with Crippen LogP contribution in [0.3, 0.4) is 0 Å². The summed E-state index contributed by atoms with van der Waals surface area (Å²) in [6, 6.07) is 14.7. The zero-order valence-corrected chi connectivity index (χ0v) is 14.4. The van der Waals surface area contributed by atoms with Crippen molar-refractivity contribution in [2.45, 2.75) is 32.1 Å². The maximum absolute atomic E-state index is 11.7. The van der Waals surface area contributed by atoms with Gasteiger partial charge in [-0.1, -0.05) is 43.3 Å². The Kier molecular flexibility index (Phi) is 7.08. The minimum absolute atomic E-state index is 0.190. The van der Waals surface area contributed by atoms with Crippen LogP contribution >= 0.6 is 0 Å². The lowest BCUT2D eigenvalue weighted by atomic mass is 9.96. The van der Waals surface area contributed by atoms with E-state index in [1.807, 2.05) is 18.2 Å². The van der Waals surface area contributed by atoms with Gasteiger partial charge in [0, 0.05) is 6.08 Å². The summed E-state index contributed by atoms with van der Waals surface area (Å²) in [5.41, 5.74) is 1.95. The number of hydrogen-bond acceptors (Lipinski definition) is 4. The van der Waals surface area contributed by atoms with Gasteiger partial charge in [-0.05, 0) is 54.5 Å². The van der Waals surface area contributed by atoms with Gasteiger partial charge in [-0.3, -0.25) is 0 Å². The van der Waals surface area contributed by atoms with Crippen LogP contribution in [0.4, 0.5) is 0 Å². The van der Waals surface area contributed by atoms with Gasteiger partial charge in [-0.15, -0.1) is 0 Å². The first-order chi connectivity index (χ1) is 12.1. The predicted molar refractivity (Wildman–Crippen MR) is 98.5 cm³/mol. The summed E-state index contributed by atoms with van der Waals surface area (Å²) < 4.78 is 5.17. The van der Waals surface area contributed by atoms with Gasteiger partial charge in [0.25, 0.3) is 0 Å². The average Bonchev–Trinajstić information content (AvgIpc) is 2.63. The van der Waals surface area contributed by atoms with Gasteiger partial charge in [0.05, 0.1) is 6.61 Å². The molecule has 2 aromatic rings. The molecule has 0 aliphatic carbocycles. The molecular weight excluding hydrogens is 316 g/mol. The fourth-order valence-corrected chi connectivity index (χ4v) is 2.53. The number of phenols is 2. The van der Waals surface area contributed by atoms with E-state index in [4.69, 9.17) is 4.74 Å². The van der Waals surface area contributed by atoms with E-state index < -0.39 is 5.97 Å². The van der Waals surface area contributed by atoms with Crippen LogP contribution in [0.1, 0.15) is 43.2 Å². The molecule has 0 radical (unpaired) electrons. The number of benzene rings is 2. The van der Waals surface area contributed by atoms with Gasteiger partial charge >= 0.3 is 5.97 Å². The topological polar surface area (TPSA) is 66.8 Å². The first-order valence-corrected chi connectivity index (χ1v) is 8.48. The summed E-state index contributed by atoms with van der Waals surface area (Å²) in [5.74, 6) is -0.324. The molecule has 0 saturated heterocycles. The molecular formula is C21H24O4. The number of aromatic hydroxyl groups is 2. The molecule has 2 aromatic carbocycles. The van der Waals surface area contributed by atoms with Crippen molar-refractivity contribution in [3.63, 3.8) is 0 Å². The van der Waals surface area contributed by atoms with E-state index in [0.717, 1.165) is 19.3 Å². The molecule has 0 saturated carbocycles. The van der Waals surface area contributed by atoms with E-state index >= 15 is 0 Å². The third-order valence-corrected chi connectivity index (χ3v) is 4.06. The lowest BCUT2D eigenvalue weighted by Crippen LogP contribution is -2.03. The molecule has 4 nitrogen and oxygen atoms in total. The zero-order chi connectivity index (χ0) is 18.1. The van der Waals surface area contributed by atoms with Crippen LogP contribution in [-0.4, -0.2) is 22.8 Å². The number of carbonyl (C=O) groups is 1. The van der Waals surface area contributed by atoms with E-state index in [0.29, 0.717) is 18.1 Å². The Hall–Kier alpha value is -2.75. The second-order valence-electron chi connectivity index (χ2n) is 6.06. The van der Waals surface area contributed by atoms with Crippen molar-refractivity contribution in [2.75, 3.05) is 6.61 Å². The van der Waals surface area contributed by atoms with Crippen molar-refractivity contribution >= 4 is 12.0 Å². The summed E-state index contributed by atoms with van der Waals surface area (Å²) in [6.45, 7) is 2.60. The highest BCUT2D eigenvalue weighted by Crippen LogP contribution is 2.25. The number of unbranched alkanes of at least 4 members (excludes halogenated alkanes) is 1. The standard InChI is InChI=1S/C21H24O4/c1-16(18-8-3-2-4-9-18)7-5-6-14-25-21(24)13-11-17-10-12-19(22)20(23)15-17/h2-4,8-13,15-16,22-23H,5-7,14H2,1H3/b13-11+. The molecule has 1 unspecified atom stereocenters. The fraction of sp³-hybridized carbons (Fsp3) is 0.286. The third kappa shape index (κ3) is 6.34. The first kappa shape index (κ1) is 18.6. The minimum atomic E-state index is -0.413. The summed E-state index contributed by atoms with van der Waals surface area (Å²) in [7, 11) is 0. The molecule has 0 aliphatic heterocycles. The molecule has 4 heteroatoms. The molecule has 0 heterocycles. The second kappa shape index (κ2) is 9.52. The van der Waals surface area contributed by atoms with Crippen molar-refractivity contribution in [1.82, 2.24) is 0 Å². The molecule has 2 N–H and O–H groups in total. The van der Waals surface area contributed by atoms with Gasteiger partial charge in [0.2, 0.25) is 0 Å².